The standard InChI is InChI=1S/C16H23NO4/c1-18-14-4-3-5-15(19-2)13(14)12-17-8-6-16(7-9-17)20-10-11-21-16/h3-5H,6-12H2,1-2H3. The number of likely N-dealkylation sites (tertiary alicyclic amines) is 1. The molecule has 1 spiro atoms. The predicted octanol–water partition coefficient (Wildman–Crippen LogP) is 2.04. The number of piperidine rings is 1. The Labute approximate surface area is 125 Å². The lowest BCUT2D eigenvalue weighted by Gasteiger charge is -2.37. The van der Waals surface area contributed by atoms with Crippen molar-refractivity contribution in [1.29, 1.82) is 0 Å². The van der Waals surface area contributed by atoms with E-state index >= 15 is 0 Å². The monoisotopic (exact) mass is 293 g/mol. The van der Waals surface area contributed by atoms with E-state index in [9.17, 15) is 0 Å². The van der Waals surface area contributed by atoms with Gasteiger partial charge in [0.15, 0.2) is 5.79 Å². The molecule has 0 bridgehead atoms. The molecule has 0 unspecified atom stereocenters. The molecule has 3 rings (SSSR count). The van der Waals surface area contributed by atoms with E-state index in [1.165, 1.54) is 0 Å². The molecule has 0 amide bonds. The van der Waals surface area contributed by atoms with Crippen molar-refractivity contribution in [2.24, 2.45) is 0 Å². The minimum atomic E-state index is -0.318. The normalized spacial score (nSPS) is 21.6. The van der Waals surface area contributed by atoms with E-state index in [1.54, 1.807) is 14.2 Å². The SMILES string of the molecule is COc1cccc(OC)c1CN1CCC2(CC1)OCCO2. The van der Waals surface area contributed by atoms with Crippen LogP contribution in [0.4, 0.5) is 0 Å². The Bertz CT molecular complexity index is 453. The molecule has 0 atom stereocenters. The highest BCUT2D eigenvalue weighted by molar-refractivity contribution is 5.44. The lowest BCUT2D eigenvalue weighted by atomic mass is 10.0. The fourth-order valence-electron chi connectivity index (χ4n) is 3.14. The van der Waals surface area contributed by atoms with Gasteiger partial charge in [-0.15, -0.1) is 0 Å². The van der Waals surface area contributed by atoms with Gasteiger partial charge in [-0.1, -0.05) is 6.07 Å². The number of hydrogen-bond donors (Lipinski definition) is 0. The van der Waals surface area contributed by atoms with E-state index in [0.29, 0.717) is 0 Å². The summed E-state index contributed by atoms with van der Waals surface area (Å²) in [5, 5.41) is 0. The molecule has 116 valence electrons. The highest BCUT2D eigenvalue weighted by atomic mass is 16.7. The summed E-state index contributed by atoms with van der Waals surface area (Å²) in [6.07, 6.45) is 1.84. The molecule has 2 saturated heterocycles. The summed E-state index contributed by atoms with van der Waals surface area (Å²) in [5.41, 5.74) is 1.10. The van der Waals surface area contributed by atoms with E-state index in [4.69, 9.17) is 18.9 Å². The highest BCUT2D eigenvalue weighted by Crippen LogP contribution is 2.34. The molecular formula is C16H23NO4. The summed E-state index contributed by atoms with van der Waals surface area (Å²) >= 11 is 0. The van der Waals surface area contributed by atoms with Gasteiger partial charge in [0.2, 0.25) is 0 Å². The van der Waals surface area contributed by atoms with Crippen LogP contribution in [0.5, 0.6) is 11.5 Å². The van der Waals surface area contributed by atoms with Crippen molar-refractivity contribution in [3.05, 3.63) is 23.8 Å². The van der Waals surface area contributed by atoms with E-state index in [2.05, 4.69) is 4.90 Å². The van der Waals surface area contributed by atoms with Gasteiger partial charge in [-0.3, -0.25) is 4.90 Å². The number of methoxy groups -OCH3 is 2. The van der Waals surface area contributed by atoms with Gasteiger partial charge in [-0.05, 0) is 12.1 Å². The Morgan fingerprint density at radius 2 is 1.62 bits per heavy atom. The van der Waals surface area contributed by atoms with Gasteiger partial charge < -0.3 is 18.9 Å². The Kier molecular flexibility index (Phi) is 4.33. The zero-order valence-electron chi connectivity index (χ0n) is 12.8. The maximum atomic E-state index is 5.77. The van der Waals surface area contributed by atoms with Crippen LogP contribution >= 0.6 is 0 Å². The first kappa shape index (κ1) is 14.6. The molecule has 2 aliphatic heterocycles. The van der Waals surface area contributed by atoms with Crippen molar-refractivity contribution >= 4 is 0 Å². The van der Waals surface area contributed by atoms with Crippen LogP contribution in [0.2, 0.25) is 0 Å². The van der Waals surface area contributed by atoms with Gasteiger partial charge in [0, 0.05) is 32.5 Å². The van der Waals surface area contributed by atoms with Gasteiger partial charge in [-0.25, -0.2) is 0 Å². The topological polar surface area (TPSA) is 40.2 Å². The molecule has 1 aromatic carbocycles. The summed E-state index contributed by atoms with van der Waals surface area (Å²) < 4.78 is 22.5. The number of nitrogens with zero attached hydrogens (tertiary/aromatic N) is 1. The molecule has 0 aromatic heterocycles. The van der Waals surface area contributed by atoms with Gasteiger partial charge in [0.1, 0.15) is 11.5 Å². The summed E-state index contributed by atoms with van der Waals surface area (Å²) in [4.78, 5) is 2.40. The highest BCUT2D eigenvalue weighted by Gasteiger charge is 2.39. The summed E-state index contributed by atoms with van der Waals surface area (Å²) in [6, 6.07) is 5.91. The Morgan fingerprint density at radius 3 is 2.14 bits per heavy atom. The van der Waals surface area contributed by atoms with E-state index < -0.39 is 0 Å². The van der Waals surface area contributed by atoms with Crippen LogP contribution in [-0.2, 0) is 16.0 Å². The average molecular weight is 293 g/mol. The van der Waals surface area contributed by atoms with E-state index in [1.807, 2.05) is 18.2 Å². The van der Waals surface area contributed by atoms with Crippen LogP contribution < -0.4 is 9.47 Å². The molecule has 1 aromatic rings. The fourth-order valence-corrected chi connectivity index (χ4v) is 3.14. The Balaban J connectivity index is 1.67. The Morgan fingerprint density at radius 1 is 1.05 bits per heavy atom. The zero-order valence-corrected chi connectivity index (χ0v) is 12.8. The lowest BCUT2D eigenvalue weighted by Crippen LogP contribution is -2.44. The summed E-state index contributed by atoms with van der Waals surface area (Å²) in [7, 11) is 3.40. The minimum Gasteiger partial charge on any atom is -0.496 e. The Hall–Kier alpha value is -1.30. The van der Waals surface area contributed by atoms with Crippen molar-refractivity contribution in [3.8, 4) is 11.5 Å². The minimum absolute atomic E-state index is 0.318. The predicted molar refractivity (Wildman–Crippen MR) is 78.7 cm³/mol. The number of rotatable bonds is 4. The number of hydrogen-bond acceptors (Lipinski definition) is 5. The third kappa shape index (κ3) is 3.00. The second-order valence-electron chi connectivity index (χ2n) is 5.52. The van der Waals surface area contributed by atoms with Crippen molar-refractivity contribution in [3.63, 3.8) is 0 Å². The molecule has 2 fully saturated rings. The maximum absolute atomic E-state index is 5.77. The molecule has 21 heavy (non-hydrogen) atoms. The third-order valence-corrected chi connectivity index (χ3v) is 4.34. The van der Waals surface area contributed by atoms with Gasteiger partial charge in [-0.2, -0.15) is 0 Å². The van der Waals surface area contributed by atoms with Crippen molar-refractivity contribution in [2.45, 2.75) is 25.2 Å². The first-order valence-electron chi connectivity index (χ1n) is 7.46. The van der Waals surface area contributed by atoms with E-state index in [-0.39, 0.29) is 5.79 Å². The van der Waals surface area contributed by atoms with Gasteiger partial charge >= 0.3 is 0 Å². The smallest absolute Gasteiger partial charge is 0.170 e. The second-order valence-corrected chi connectivity index (χ2v) is 5.52. The molecule has 5 nitrogen and oxygen atoms in total. The number of ether oxygens (including phenoxy) is 4. The first-order valence-corrected chi connectivity index (χ1v) is 7.46. The molecule has 2 heterocycles. The van der Waals surface area contributed by atoms with Crippen LogP contribution in [0.1, 0.15) is 18.4 Å². The lowest BCUT2D eigenvalue weighted by molar-refractivity contribution is -0.185. The molecule has 0 saturated carbocycles. The van der Waals surface area contributed by atoms with Crippen molar-refractivity contribution in [1.82, 2.24) is 4.90 Å². The zero-order chi connectivity index (χ0) is 14.7. The first-order chi connectivity index (χ1) is 10.3. The van der Waals surface area contributed by atoms with E-state index in [0.717, 1.165) is 62.8 Å². The van der Waals surface area contributed by atoms with Gasteiger partial charge in [0.05, 0.1) is 33.0 Å². The summed E-state index contributed by atoms with van der Waals surface area (Å²) in [6.45, 7) is 4.19. The molecule has 0 aliphatic carbocycles. The largest absolute Gasteiger partial charge is 0.496 e. The maximum Gasteiger partial charge on any atom is 0.170 e. The third-order valence-electron chi connectivity index (χ3n) is 4.34. The van der Waals surface area contributed by atoms with Crippen LogP contribution in [-0.4, -0.2) is 51.2 Å². The van der Waals surface area contributed by atoms with Crippen LogP contribution in [0.15, 0.2) is 18.2 Å². The van der Waals surface area contributed by atoms with Crippen LogP contribution in [0.25, 0.3) is 0 Å². The molecular weight excluding hydrogens is 270 g/mol. The number of benzene rings is 1. The van der Waals surface area contributed by atoms with Crippen LogP contribution in [0.3, 0.4) is 0 Å². The quantitative estimate of drug-likeness (QED) is 0.849. The molecule has 0 radical (unpaired) electrons. The van der Waals surface area contributed by atoms with Crippen molar-refractivity contribution < 1.29 is 18.9 Å². The molecule has 5 heteroatoms. The average Bonchev–Trinajstić information content (AvgIpc) is 2.98. The summed E-state index contributed by atoms with van der Waals surface area (Å²) in [5.74, 6) is 1.44. The van der Waals surface area contributed by atoms with Gasteiger partial charge in [0.25, 0.3) is 0 Å². The molecule has 0 N–H and O–H groups in total. The van der Waals surface area contributed by atoms with Crippen molar-refractivity contribution in [2.75, 3.05) is 40.5 Å². The second kappa shape index (κ2) is 6.22. The van der Waals surface area contributed by atoms with Crippen LogP contribution in [0, 0.1) is 0 Å². The molecule has 2 aliphatic rings. The fraction of sp³-hybridized carbons (Fsp3) is 0.625.